The number of benzene rings is 2. The minimum Gasteiger partial charge on any atom is -0.480 e. The van der Waals surface area contributed by atoms with Gasteiger partial charge in [-0.1, -0.05) is 54.3 Å². The Morgan fingerprint density at radius 1 is 1.07 bits per heavy atom. The molecule has 2 amide bonds. The molecule has 0 aliphatic carbocycles. The molecule has 3 rings (SSSR count). The maximum atomic E-state index is 12.1. The van der Waals surface area contributed by atoms with Crippen molar-refractivity contribution in [3.63, 3.8) is 0 Å². The maximum Gasteiger partial charge on any atom is 0.271 e. The molecule has 0 aliphatic heterocycles. The molecule has 1 aromatic heterocycles. The molecule has 0 bridgehead atoms. The summed E-state index contributed by atoms with van der Waals surface area (Å²) in [5, 5.41) is 5.20. The summed E-state index contributed by atoms with van der Waals surface area (Å²) in [4.78, 5) is 27.8. The number of nitrogens with one attached hydrogen (secondary N) is 1. The highest BCUT2D eigenvalue weighted by molar-refractivity contribution is 7.13. The zero-order valence-electron chi connectivity index (χ0n) is 14.8. The first-order valence-corrected chi connectivity index (χ1v) is 9.29. The Hall–Kier alpha value is -3.63. The lowest BCUT2D eigenvalue weighted by molar-refractivity contribution is 0.0953. The van der Waals surface area contributed by atoms with E-state index in [9.17, 15) is 9.59 Å². The molecule has 0 saturated carbocycles. The summed E-state index contributed by atoms with van der Waals surface area (Å²) in [6.45, 7) is 0.243. The second-order valence-electron chi connectivity index (χ2n) is 5.59. The number of thiazole rings is 1. The summed E-state index contributed by atoms with van der Waals surface area (Å²) in [7, 11) is 0. The van der Waals surface area contributed by atoms with Crippen LogP contribution in [0.2, 0.25) is 0 Å². The molecule has 140 valence electrons. The molecular weight excluding hydrogens is 374 g/mol. The standard InChI is InChI=1S/C21H17N3O3S/c22-19(25)16-10-4-5-11-18(16)27-13-7-6-12-23-20(26)17-14-28-21(24-17)15-8-2-1-3-9-15/h1-5,8-11,14H,12-13H2,(H2,22,25)(H,23,26). The van der Waals surface area contributed by atoms with Crippen LogP contribution in [0.4, 0.5) is 0 Å². The molecule has 0 radical (unpaired) electrons. The Bertz CT molecular complexity index is 1040. The first-order valence-electron chi connectivity index (χ1n) is 8.41. The average Bonchev–Trinajstić information content (AvgIpc) is 3.21. The van der Waals surface area contributed by atoms with E-state index in [2.05, 4.69) is 22.1 Å². The van der Waals surface area contributed by atoms with Crippen molar-refractivity contribution in [3.8, 4) is 28.2 Å². The van der Waals surface area contributed by atoms with Gasteiger partial charge in [-0.15, -0.1) is 11.3 Å². The van der Waals surface area contributed by atoms with Gasteiger partial charge >= 0.3 is 0 Å². The highest BCUT2D eigenvalue weighted by Crippen LogP contribution is 2.23. The maximum absolute atomic E-state index is 12.1. The topological polar surface area (TPSA) is 94.3 Å². The van der Waals surface area contributed by atoms with E-state index in [1.807, 2.05) is 30.3 Å². The number of primary amides is 1. The van der Waals surface area contributed by atoms with Gasteiger partial charge in [-0.2, -0.15) is 0 Å². The van der Waals surface area contributed by atoms with Crippen molar-refractivity contribution >= 4 is 23.2 Å². The first kappa shape index (κ1) is 19.1. The number of carbonyl (C=O) groups is 2. The van der Waals surface area contributed by atoms with Crippen LogP contribution in [0, 0.1) is 11.8 Å². The Kier molecular flexibility index (Phi) is 6.39. The Balaban J connectivity index is 1.48. The van der Waals surface area contributed by atoms with Crippen LogP contribution in [0.5, 0.6) is 5.75 Å². The van der Waals surface area contributed by atoms with E-state index in [4.69, 9.17) is 10.5 Å². The Labute approximate surface area is 166 Å². The van der Waals surface area contributed by atoms with Gasteiger partial charge in [0.1, 0.15) is 23.1 Å². The van der Waals surface area contributed by atoms with Gasteiger partial charge in [0.25, 0.3) is 11.8 Å². The Morgan fingerprint density at radius 2 is 1.82 bits per heavy atom. The highest BCUT2D eigenvalue weighted by Gasteiger charge is 2.11. The largest absolute Gasteiger partial charge is 0.480 e. The van der Waals surface area contributed by atoms with Crippen molar-refractivity contribution in [2.45, 2.75) is 0 Å². The van der Waals surface area contributed by atoms with E-state index in [1.54, 1.807) is 29.6 Å². The van der Waals surface area contributed by atoms with Crippen molar-refractivity contribution in [1.82, 2.24) is 10.3 Å². The third-order valence-electron chi connectivity index (χ3n) is 3.67. The number of carbonyl (C=O) groups excluding carboxylic acids is 2. The van der Waals surface area contributed by atoms with Crippen LogP contribution in [0.15, 0.2) is 60.0 Å². The molecule has 7 heteroatoms. The normalized spacial score (nSPS) is 9.86. The number of nitrogens with zero attached hydrogens (tertiary/aromatic N) is 1. The second kappa shape index (κ2) is 9.35. The van der Waals surface area contributed by atoms with Crippen molar-refractivity contribution in [1.29, 1.82) is 0 Å². The number of aromatic nitrogens is 1. The summed E-state index contributed by atoms with van der Waals surface area (Å²) >= 11 is 1.41. The van der Waals surface area contributed by atoms with Crippen LogP contribution in [-0.2, 0) is 0 Å². The molecule has 28 heavy (non-hydrogen) atoms. The quantitative estimate of drug-likeness (QED) is 0.632. The van der Waals surface area contributed by atoms with Gasteiger partial charge in [-0.3, -0.25) is 9.59 Å². The highest BCUT2D eigenvalue weighted by atomic mass is 32.1. The van der Waals surface area contributed by atoms with Crippen molar-refractivity contribution in [2.75, 3.05) is 13.2 Å². The summed E-state index contributed by atoms with van der Waals surface area (Å²) in [5.41, 5.74) is 6.92. The Morgan fingerprint density at radius 3 is 2.61 bits per heavy atom. The zero-order valence-corrected chi connectivity index (χ0v) is 15.7. The molecule has 2 aromatic carbocycles. The summed E-state index contributed by atoms with van der Waals surface area (Å²) in [6, 6.07) is 16.4. The van der Waals surface area contributed by atoms with Gasteiger partial charge in [-0.25, -0.2) is 4.98 Å². The van der Waals surface area contributed by atoms with Crippen LogP contribution in [0.3, 0.4) is 0 Å². The SMILES string of the molecule is NC(=O)c1ccccc1OCC#CCNC(=O)c1csc(-c2ccccc2)n1. The third kappa shape index (κ3) is 4.96. The summed E-state index contributed by atoms with van der Waals surface area (Å²) < 4.78 is 5.44. The van der Waals surface area contributed by atoms with E-state index in [-0.39, 0.29) is 19.1 Å². The lowest BCUT2D eigenvalue weighted by atomic mass is 10.2. The van der Waals surface area contributed by atoms with E-state index in [0.717, 1.165) is 10.6 Å². The van der Waals surface area contributed by atoms with Gasteiger partial charge < -0.3 is 15.8 Å². The van der Waals surface area contributed by atoms with Crippen LogP contribution in [0.25, 0.3) is 10.6 Å². The van der Waals surface area contributed by atoms with Crippen LogP contribution >= 0.6 is 11.3 Å². The van der Waals surface area contributed by atoms with Crippen LogP contribution in [0.1, 0.15) is 20.8 Å². The number of ether oxygens (including phenoxy) is 1. The molecular formula is C21H17N3O3S. The second-order valence-corrected chi connectivity index (χ2v) is 6.45. The van der Waals surface area contributed by atoms with Crippen molar-refractivity contribution in [3.05, 3.63) is 71.2 Å². The van der Waals surface area contributed by atoms with E-state index in [0.29, 0.717) is 17.0 Å². The predicted molar refractivity (Wildman–Crippen MR) is 108 cm³/mol. The fraction of sp³-hybridized carbons (Fsp3) is 0.0952. The van der Waals surface area contributed by atoms with E-state index in [1.165, 1.54) is 11.3 Å². The molecule has 0 saturated heterocycles. The third-order valence-corrected chi connectivity index (χ3v) is 4.56. The summed E-state index contributed by atoms with van der Waals surface area (Å²) in [5.74, 6) is 5.11. The predicted octanol–water partition coefficient (Wildman–Crippen LogP) is 2.72. The monoisotopic (exact) mass is 391 g/mol. The van der Waals surface area contributed by atoms with Crippen LogP contribution < -0.4 is 15.8 Å². The number of hydrogen-bond donors (Lipinski definition) is 2. The number of nitrogens with two attached hydrogens (primary N) is 1. The summed E-state index contributed by atoms with van der Waals surface area (Å²) in [6.07, 6.45) is 0. The fourth-order valence-electron chi connectivity index (χ4n) is 2.33. The zero-order chi connectivity index (χ0) is 19.8. The lowest BCUT2D eigenvalue weighted by Gasteiger charge is -2.05. The first-order chi connectivity index (χ1) is 13.6. The van der Waals surface area contributed by atoms with Gasteiger partial charge in [0, 0.05) is 10.9 Å². The van der Waals surface area contributed by atoms with E-state index < -0.39 is 5.91 Å². The van der Waals surface area contributed by atoms with Gasteiger partial charge in [0.15, 0.2) is 0 Å². The molecule has 6 nitrogen and oxygen atoms in total. The molecule has 3 N–H and O–H groups in total. The smallest absolute Gasteiger partial charge is 0.271 e. The minimum absolute atomic E-state index is 0.0784. The molecule has 0 unspecified atom stereocenters. The molecule has 0 spiro atoms. The molecule has 0 fully saturated rings. The van der Waals surface area contributed by atoms with E-state index >= 15 is 0 Å². The van der Waals surface area contributed by atoms with Crippen molar-refractivity contribution < 1.29 is 14.3 Å². The number of para-hydroxylation sites is 1. The molecule has 1 heterocycles. The van der Waals surface area contributed by atoms with Gasteiger partial charge in [0.05, 0.1) is 12.1 Å². The van der Waals surface area contributed by atoms with Crippen molar-refractivity contribution in [2.24, 2.45) is 5.73 Å². The number of amides is 2. The molecule has 0 atom stereocenters. The average molecular weight is 391 g/mol. The number of hydrogen-bond acceptors (Lipinski definition) is 5. The lowest BCUT2D eigenvalue weighted by Crippen LogP contribution is -2.23. The number of rotatable bonds is 6. The molecule has 3 aromatic rings. The molecule has 0 aliphatic rings. The fourth-order valence-corrected chi connectivity index (χ4v) is 3.14. The van der Waals surface area contributed by atoms with Crippen LogP contribution in [-0.4, -0.2) is 29.9 Å². The van der Waals surface area contributed by atoms with Gasteiger partial charge in [0.2, 0.25) is 0 Å². The van der Waals surface area contributed by atoms with Gasteiger partial charge in [-0.05, 0) is 12.1 Å². The minimum atomic E-state index is -0.561.